The van der Waals surface area contributed by atoms with E-state index in [0.717, 1.165) is 36.3 Å². The maximum atomic E-state index is 14.5. The highest BCUT2D eigenvalue weighted by molar-refractivity contribution is 5.65. The number of rotatable bonds is 12. The third-order valence-corrected chi connectivity index (χ3v) is 6.01. The van der Waals surface area contributed by atoms with E-state index in [1.165, 1.54) is 6.07 Å². The third-order valence-electron chi connectivity index (χ3n) is 6.01. The Morgan fingerprint density at radius 1 is 1.25 bits per heavy atom. The minimum Gasteiger partial charge on any atom is -0.436 e. The first-order valence-corrected chi connectivity index (χ1v) is 12.1. The fourth-order valence-electron chi connectivity index (χ4n) is 4.39. The number of ether oxygens (including phenoxy) is 3. The van der Waals surface area contributed by atoms with Gasteiger partial charge in [0.15, 0.2) is 11.6 Å². The Hall–Kier alpha value is -3.22. The molecule has 2 heterocycles. The Morgan fingerprint density at radius 2 is 2.03 bits per heavy atom. The largest absolute Gasteiger partial charge is 0.436 e. The summed E-state index contributed by atoms with van der Waals surface area (Å²) in [5, 5.41) is 15.4. The van der Waals surface area contributed by atoms with E-state index in [1.807, 2.05) is 30.3 Å². The summed E-state index contributed by atoms with van der Waals surface area (Å²) < 4.78 is 33.4. The van der Waals surface area contributed by atoms with E-state index < -0.39 is 11.9 Å². The molecular formula is C28H32FN3O4. The maximum Gasteiger partial charge on any atom is 0.222 e. The molecule has 0 unspecified atom stereocenters. The van der Waals surface area contributed by atoms with Gasteiger partial charge in [0.25, 0.3) is 0 Å². The van der Waals surface area contributed by atoms with E-state index in [4.69, 9.17) is 25.7 Å². The summed E-state index contributed by atoms with van der Waals surface area (Å²) in [6.07, 6.45) is 6.55. The molecule has 0 saturated carbocycles. The lowest BCUT2D eigenvalue weighted by Crippen LogP contribution is -2.39. The molecule has 1 saturated heterocycles. The second kappa shape index (κ2) is 12.7. The summed E-state index contributed by atoms with van der Waals surface area (Å²) in [5.41, 5.74) is 2.45. The molecule has 36 heavy (non-hydrogen) atoms. The van der Waals surface area contributed by atoms with Crippen molar-refractivity contribution < 1.29 is 23.7 Å². The van der Waals surface area contributed by atoms with Crippen LogP contribution in [0.2, 0.25) is 0 Å². The molecule has 0 amide bonds. The molecule has 2 atom stereocenters. The summed E-state index contributed by atoms with van der Waals surface area (Å²) in [7, 11) is 1.78. The summed E-state index contributed by atoms with van der Waals surface area (Å²) >= 11 is 0. The van der Waals surface area contributed by atoms with Crippen LogP contribution in [0.3, 0.4) is 0 Å². The minimum atomic E-state index is -0.743. The SMILES string of the molecule is C#CCOC[C@H](O)CN(Cc1c(-c2ccccc2)nn(C)c1Oc1ccccc1F)C[C@H]1CCCO1. The van der Waals surface area contributed by atoms with E-state index in [1.54, 1.807) is 29.9 Å². The number of halogens is 1. The van der Waals surface area contributed by atoms with Crippen molar-refractivity contribution >= 4 is 0 Å². The predicted octanol–water partition coefficient (Wildman–Crippen LogP) is 4.01. The van der Waals surface area contributed by atoms with Gasteiger partial charge in [0, 0.05) is 38.9 Å². The van der Waals surface area contributed by atoms with E-state index in [9.17, 15) is 9.50 Å². The fraction of sp³-hybridized carbons (Fsp3) is 0.393. The van der Waals surface area contributed by atoms with Crippen molar-refractivity contribution in [1.29, 1.82) is 0 Å². The van der Waals surface area contributed by atoms with Crippen molar-refractivity contribution in [3.63, 3.8) is 0 Å². The molecule has 4 rings (SSSR count). The molecule has 0 radical (unpaired) electrons. The Bertz CT molecular complexity index is 1160. The van der Waals surface area contributed by atoms with Crippen LogP contribution in [0.15, 0.2) is 54.6 Å². The van der Waals surface area contributed by atoms with Crippen molar-refractivity contribution in [3.05, 3.63) is 66.0 Å². The normalized spacial score (nSPS) is 16.2. The van der Waals surface area contributed by atoms with Gasteiger partial charge < -0.3 is 19.3 Å². The van der Waals surface area contributed by atoms with Gasteiger partial charge in [-0.15, -0.1) is 6.42 Å². The quantitative estimate of drug-likeness (QED) is 0.304. The Kier molecular flexibility index (Phi) is 9.09. The van der Waals surface area contributed by atoms with Gasteiger partial charge in [-0.05, 0) is 25.0 Å². The van der Waals surface area contributed by atoms with Gasteiger partial charge in [-0.2, -0.15) is 5.10 Å². The number of hydrogen-bond acceptors (Lipinski definition) is 6. The molecule has 3 aromatic rings. The number of aliphatic hydroxyl groups excluding tert-OH is 1. The lowest BCUT2D eigenvalue weighted by atomic mass is 10.1. The van der Waals surface area contributed by atoms with Crippen molar-refractivity contribution in [2.45, 2.75) is 31.6 Å². The summed E-state index contributed by atoms with van der Waals surface area (Å²) in [5.74, 6) is 2.52. The number of aryl methyl sites for hydroxylation is 1. The van der Waals surface area contributed by atoms with Crippen molar-refractivity contribution in [2.24, 2.45) is 7.05 Å². The average molecular weight is 494 g/mol. The van der Waals surface area contributed by atoms with Gasteiger partial charge >= 0.3 is 0 Å². The lowest BCUT2D eigenvalue weighted by Gasteiger charge is -2.27. The van der Waals surface area contributed by atoms with Crippen LogP contribution < -0.4 is 4.74 Å². The molecule has 0 spiro atoms. The molecule has 1 fully saturated rings. The number of aromatic nitrogens is 2. The van der Waals surface area contributed by atoms with Crippen LogP contribution in [0.1, 0.15) is 18.4 Å². The smallest absolute Gasteiger partial charge is 0.222 e. The molecule has 0 bridgehead atoms. The van der Waals surface area contributed by atoms with E-state index >= 15 is 0 Å². The molecule has 7 nitrogen and oxygen atoms in total. The summed E-state index contributed by atoms with van der Waals surface area (Å²) in [4.78, 5) is 2.11. The molecular weight excluding hydrogens is 461 g/mol. The van der Waals surface area contributed by atoms with E-state index in [-0.39, 0.29) is 25.1 Å². The molecule has 190 valence electrons. The van der Waals surface area contributed by atoms with Crippen LogP contribution in [0.4, 0.5) is 4.39 Å². The number of nitrogens with zero attached hydrogens (tertiary/aromatic N) is 3. The van der Waals surface area contributed by atoms with Crippen molar-refractivity contribution in [3.8, 4) is 35.2 Å². The van der Waals surface area contributed by atoms with Crippen LogP contribution in [0.5, 0.6) is 11.6 Å². The van der Waals surface area contributed by atoms with E-state index in [2.05, 4.69) is 10.8 Å². The number of para-hydroxylation sites is 1. The number of benzene rings is 2. The molecule has 8 heteroatoms. The molecule has 1 aliphatic rings. The van der Waals surface area contributed by atoms with Gasteiger partial charge in [0.1, 0.15) is 12.3 Å². The second-order valence-corrected chi connectivity index (χ2v) is 8.86. The average Bonchev–Trinajstić information content (AvgIpc) is 3.49. The number of aliphatic hydroxyl groups is 1. The monoisotopic (exact) mass is 493 g/mol. The first kappa shape index (κ1) is 25.9. The van der Waals surface area contributed by atoms with Gasteiger partial charge in [-0.25, -0.2) is 9.07 Å². The van der Waals surface area contributed by atoms with Gasteiger partial charge in [0.2, 0.25) is 5.88 Å². The molecule has 2 aromatic carbocycles. The zero-order valence-electron chi connectivity index (χ0n) is 20.5. The van der Waals surface area contributed by atoms with Crippen LogP contribution in [-0.4, -0.2) is 64.9 Å². The minimum absolute atomic E-state index is 0.0663. The van der Waals surface area contributed by atoms with Crippen molar-refractivity contribution in [1.82, 2.24) is 14.7 Å². The fourth-order valence-corrected chi connectivity index (χ4v) is 4.39. The van der Waals surface area contributed by atoms with Crippen LogP contribution in [0, 0.1) is 18.2 Å². The lowest BCUT2D eigenvalue weighted by molar-refractivity contribution is 0.00943. The Morgan fingerprint density at radius 3 is 2.75 bits per heavy atom. The third kappa shape index (κ3) is 6.71. The van der Waals surface area contributed by atoms with Crippen LogP contribution in [-0.2, 0) is 23.1 Å². The number of hydrogen-bond donors (Lipinski definition) is 1. The van der Waals surface area contributed by atoms with Crippen LogP contribution in [0.25, 0.3) is 11.3 Å². The van der Waals surface area contributed by atoms with Gasteiger partial charge in [0.05, 0.1) is 24.4 Å². The highest BCUT2D eigenvalue weighted by Gasteiger charge is 2.27. The number of terminal acetylenes is 1. The first-order valence-electron chi connectivity index (χ1n) is 12.1. The van der Waals surface area contributed by atoms with Crippen molar-refractivity contribution in [2.75, 3.05) is 32.9 Å². The van der Waals surface area contributed by atoms with Gasteiger partial charge in [-0.1, -0.05) is 48.4 Å². The van der Waals surface area contributed by atoms with E-state index in [0.29, 0.717) is 25.5 Å². The Labute approximate surface area is 211 Å². The van der Waals surface area contributed by atoms with Gasteiger partial charge in [-0.3, -0.25) is 4.90 Å². The predicted molar refractivity (Wildman–Crippen MR) is 135 cm³/mol. The molecule has 1 aliphatic heterocycles. The highest BCUT2D eigenvalue weighted by Crippen LogP contribution is 2.35. The topological polar surface area (TPSA) is 69.0 Å². The summed E-state index contributed by atoms with van der Waals surface area (Å²) in [6, 6.07) is 16.1. The zero-order valence-corrected chi connectivity index (χ0v) is 20.5. The summed E-state index contributed by atoms with van der Waals surface area (Å²) in [6.45, 7) is 2.37. The molecule has 1 aromatic heterocycles. The second-order valence-electron chi connectivity index (χ2n) is 8.86. The molecule has 1 N–H and O–H groups in total. The maximum absolute atomic E-state index is 14.5. The zero-order chi connectivity index (χ0) is 25.3. The Balaban J connectivity index is 1.66. The molecule has 0 aliphatic carbocycles. The standard InChI is InChI=1S/C28H32FN3O4/c1-3-15-34-20-22(33)17-32(18-23-12-9-16-35-23)19-24-27(21-10-5-4-6-11-21)30-31(2)28(24)36-26-14-8-7-13-25(26)29/h1,4-8,10-11,13-14,22-23,33H,9,12,15-20H2,2H3/t22-,23-/m1/s1. The van der Waals surface area contributed by atoms with Crippen LogP contribution >= 0.6 is 0 Å². The highest BCUT2D eigenvalue weighted by atomic mass is 19.1. The first-order chi connectivity index (χ1) is 17.5.